The molecule has 0 bridgehead atoms. The summed E-state index contributed by atoms with van der Waals surface area (Å²) in [4.78, 5) is 33.9. The van der Waals surface area contributed by atoms with Crippen LogP contribution in [0.3, 0.4) is 0 Å². The molecule has 1 aromatic rings. The fourth-order valence-electron chi connectivity index (χ4n) is 3.69. The minimum absolute atomic E-state index is 0.0486. The lowest BCUT2D eigenvalue weighted by Crippen LogP contribution is -2.38. The first-order valence-corrected chi connectivity index (χ1v) is 10.8. The third-order valence-corrected chi connectivity index (χ3v) is 6.17. The predicted molar refractivity (Wildman–Crippen MR) is 118 cm³/mol. The van der Waals surface area contributed by atoms with Crippen LogP contribution in [0, 0.1) is 0 Å². The Bertz CT molecular complexity index is 917. The Balaban J connectivity index is 2.03. The smallest absolute Gasteiger partial charge is 0.338 e. The topological polar surface area (TPSA) is 71.4 Å². The molecule has 2 aliphatic rings. The minimum atomic E-state index is -0.429. The number of methoxy groups -OCH3 is 2. The Kier molecular flexibility index (Phi) is 6.87. The van der Waals surface area contributed by atoms with E-state index in [-0.39, 0.29) is 12.3 Å². The molecule has 0 N–H and O–H groups in total. The molecule has 0 saturated heterocycles. The molecule has 0 aliphatic carbocycles. The van der Waals surface area contributed by atoms with Gasteiger partial charge in [0.05, 0.1) is 38.0 Å². The van der Waals surface area contributed by atoms with Gasteiger partial charge in [0, 0.05) is 18.8 Å². The van der Waals surface area contributed by atoms with Crippen LogP contribution >= 0.6 is 11.8 Å². The summed E-state index contributed by atoms with van der Waals surface area (Å²) in [6, 6.07) is 7.14. The molecule has 1 amide bonds. The summed E-state index contributed by atoms with van der Waals surface area (Å²) in [5.74, 6) is 0.349. The normalized spacial score (nSPS) is 17.9. The minimum Gasteiger partial charge on any atom is -0.497 e. The molecule has 160 valence electrons. The summed E-state index contributed by atoms with van der Waals surface area (Å²) >= 11 is 1.47. The first-order chi connectivity index (χ1) is 14.4. The number of amidine groups is 1. The zero-order valence-electron chi connectivity index (χ0n) is 18.0. The number of ether oxygens (including phenoxy) is 2. The van der Waals surface area contributed by atoms with Gasteiger partial charge in [-0.05, 0) is 43.9 Å². The van der Waals surface area contributed by atoms with E-state index < -0.39 is 12.0 Å². The van der Waals surface area contributed by atoms with Crippen LogP contribution in [0.1, 0.15) is 38.8 Å². The molecule has 30 heavy (non-hydrogen) atoms. The number of benzene rings is 1. The average Bonchev–Trinajstić information content (AvgIpc) is 3.15. The number of aliphatic imine (C=N–C) groups is 1. The molecule has 0 saturated carbocycles. The maximum atomic E-state index is 12.8. The van der Waals surface area contributed by atoms with Gasteiger partial charge in [-0.1, -0.05) is 23.9 Å². The number of hydrogen-bond donors (Lipinski definition) is 0. The number of nitrogens with zero attached hydrogens (tertiary/aromatic N) is 3. The van der Waals surface area contributed by atoms with Gasteiger partial charge in [-0.25, -0.2) is 9.79 Å². The Morgan fingerprint density at radius 2 is 1.83 bits per heavy atom. The van der Waals surface area contributed by atoms with Gasteiger partial charge in [0.1, 0.15) is 5.75 Å². The van der Waals surface area contributed by atoms with Crippen molar-refractivity contribution in [3.63, 3.8) is 0 Å². The van der Waals surface area contributed by atoms with Gasteiger partial charge in [0.25, 0.3) is 0 Å². The van der Waals surface area contributed by atoms with Crippen molar-refractivity contribution in [3.05, 3.63) is 52.2 Å². The van der Waals surface area contributed by atoms with Gasteiger partial charge < -0.3 is 19.3 Å². The van der Waals surface area contributed by atoms with Crippen LogP contribution in [-0.2, 0) is 14.3 Å². The molecule has 7 nitrogen and oxygen atoms in total. The summed E-state index contributed by atoms with van der Waals surface area (Å²) in [7, 11) is 2.98. The SMILES string of the molecule is CCN(CC)C(=O)CC1=CSC2=NC(C)=C(C(=O)OC)C(c3ccc(OC)cc3)N12. The lowest BCUT2D eigenvalue weighted by Gasteiger charge is -2.36. The molecule has 2 aliphatic heterocycles. The fourth-order valence-corrected chi connectivity index (χ4v) is 4.65. The fraction of sp³-hybridized carbons (Fsp3) is 0.409. The van der Waals surface area contributed by atoms with E-state index in [2.05, 4.69) is 4.99 Å². The second kappa shape index (κ2) is 9.38. The summed E-state index contributed by atoms with van der Waals surface area (Å²) in [6.45, 7) is 7.06. The van der Waals surface area contributed by atoms with E-state index in [9.17, 15) is 9.59 Å². The Hall–Kier alpha value is -2.74. The number of hydrogen-bond acceptors (Lipinski definition) is 7. The molecule has 0 fully saturated rings. The average molecular weight is 430 g/mol. The van der Waals surface area contributed by atoms with Crippen molar-refractivity contribution in [1.82, 2.24) is 9.80 Å². The quantitative estimate of drug-likeness (QED) is 0.616. The summed E-state index contributed by atoms with van der Waals surface area (Å²) in [5.41, 5.74) is 2.80. The molecule has 1 atom stereocenters. The molecule has 3 rings (SSSR count). The summed E-state index contributed by atoms with van der Waals surface area (Å²) < 4.78 is 10.4. The predicted octanol–water partition coefficient (Wildman–Crippen LogP) is 3.70. The van der Waals surface area contributed by atoms with Gasteiger partial charge in [-0.3, -0.25) is 4.79 Å². The van der Waals surface area contributed by atoms with Crippen LogP contribution in [-0.4, -0.2) is 54.2 Å². The van der Waals surface area contributed by atoms with Crippen molar-refractivity contribution in [2.45, 2.75) is 33.2 Å². The van der Waals surface area contributed by atoms with E-state index in [1.54, 1.807) is 12.0 Å². The van der Waals surface area contributed by atoms with Crippen molar-refractivity contribution in [1.29, 1.82) is 0 Å². The molecule has 1 aromatic carbocycles. The number of carbonyl (C=O) groups is 2. The van der Waals surface area contributed by atoms with Crippen LogP contribution in [0.2, 0.25) is 0 Å². The van der Waals surface area contributed by atoms with Crippen LogP contribution in [0.5, 0.6) is 5.75 Å². The zero-order valence-corrected chi connectivity index (χ0v) is 18.8. The summed E-state index contributed by atoms with van der Waals surface area (Å²) in [6.07, 6.45) is 0.244. The highest BCUT2D eigenvalue weighted by Crippen LogP contribution is 2.45. The van der Waals surface area contributed by atoms with E-state index in [0.717, 1.165) is 22.2 Å². The van der Waals surface area contributed by atoms with Gasteiger partial charge in [0.15, 0.2) is 5.17 Å². The van der Waals surface area contributed by atoms with E-state index >= 15 is 0 Å². The highest BCUT2D eigenvalue weighted by atomic mass is 32.2. The molecule has 0 radical (unpaired) electrons. The standard InChI is InChI=1S/C22H27N3O4S/c1-6-24(7-2)18(26)12-16-13-30-22-23-14(3)19(21(27)29-5)20(25(16)22)15-8-10-17(28-4)11-9-15/h8-11,13,20H,6-7,12H2,1-5H3. The number of allylic oxidation sites excluding steroid dienone is 1. The zero-order chi connectivity index (χ0) is 21.8. The molecule has 0 aromatic heterocycles. The van der Waals surface area contributed by atoms with Crippen LogP contribution in [0.4, 0.5) is 0 Å². The monoisotopic (exact) mass is 429 g/mol. The number of fused-ring (bicyclic) bond motifs is 1. The van der Waals surface area contributed by atoms with Crippen LogP contribution in [0.25, 0.3) is 0 Å². The Morgan fingerprint density at radius 1 is 1.17 bits per heavy atom. The van der Waals surface area contributed by atoms with Crippen molar-refractivity contribution in [3.8, 4) is 5.75 Å². The first-order valence-electron chi connectivity index (χ1n) is 9.89. The molecular weight excluding hydrogens is 402 g/mol. The number of amides is 1. The maximum Gasteiger partial charge on any atom is 0.338 e. The lowest BCUT2D eigenvalue weighted by molar-refractivity contribution is -0.136. The highest BCUT2D eigenvalue weighted by molar-refractivity contribution is 8.16. The second-order valence-electron chi connectivity index (χ2n) is 6.90. The van der Waals surface area contributed by atoms with E-state index in [0.29, 0.717) is 24.4 Å². The van der Waals surface area contributed by atoms with Crippen molar-refractivity contribution < 1.29 is 19.1 Å². The Labute approximate surface area is 181 Å². The molecular formula is C22H27N3O4S. The summed E-state index contributed by atoms with van der Waals surface area (Å²) in [5, 5.41) is 2.70. The van der Waals surface area contributed by atoms with Gasteiger partial charge in [-0.15, -0.1) is 0 Å². The highest BCUT2D eigenvalue weighted by Gasteiger charge is 2.41. The number of carbonyl (C=O) groups excluding carboxylic acids is 2. The molecule has 2 heterocycles. The van der Waals surface area contributed by atoms with E-state index in [1.165, 1.54) is 18.9 Å². The maximum absolute atomic E-state index is 12.8. The number of esters is 1. The molecule has 0 spiro atoms. The lowest BCUT2D eigenvalue weighted by atomic mass is 9.93. The number of thioether (sulfide) groups is 1. The Morgan fingerprint density at radius 3 is 2.40 bits per heavy atom. The number of rotatable bonds is 7. The van der Waals surface area contributed by atoms with Crippen molar-refractivity contribution >= 4 is 28.8 Å². The van der Waals surface area contributed by atoms with Gasteiger partial charge in [-0.2, -0.15) is 0 Å². The molecule has 1 unspecified atom stereocenters. The largest absolute Gasteiger partial charge is 0.497 e. The van der Waals surface area contributed by atoms with Crippen LogP contribution < -0.4 is 4.74 Å². The third-order valence-electron chi connectivity index (χ3n) is 5.29. The van der Waals surface area contributed by atoms with Crippen molar-refractivity contribution in [2.75, 3.05) is 27.3 Å². The third kappa shape index (κ3) is 4.09. The van der Waals surface area contributed by atoms with Crippen LogP contribution in [0.15, 0.2) is 51.6 Å². The second-order valence-corrected chi connectivity index (χ2v) is 7.74. The molecule has 8 heteroatoms. The van der Waals surface area contributed by atoms with Gasteiger partial charge in [0.2, 0.25) is 5.91 Å². The van der Waals surface area contributed by atoms with E-state index in [4.69, 9.17) is 9.47 Å². The van der Waals surface area contributed by atoms with Crippen molar-refractivity contribution in [2.24, 2.45) is 4.99 Å². The van der Waals surface area contributed by atoms with Gasteiger partial charge >= 0.3 is 5.97 Å². The first kappa shape index (κ1) is 22.0. The van der Waals surface area contributed by atoms with E-state index in [1.807, 2.05) is 55.3 Å².